The number of nitrogens with one attached hydrogen (secondary N) is 1. The van der Waals surface area contributed by atoms with Gasteiger partial charge in [-0.05, 0) is 116 Å². The normalized spacial score (nSPS) is 42.6. The standard InChI is InChI=1S/C31H47NO4/c1-19(8-11-28(35)32-21-6-5-7-23(18-21)36-4)24-9-10-25-29-26(13-15-31(24,25)3)30(2)14-12-22(33)16-20(30)17-27(29)34/h5-7,18-20,22,24-27,29,33-34H,8-17H2,1-4H3,(H,32,35)/t19-,20+,22-,24-,25+,26+,27+,29+,30+,31-/m0/s1. The summed E-state index contributed by atoms with van der Waals surface area (Å²) in [6.07, 6.45) is 9.66. The van der Waals surface area contributed by atoms with E-state index in [-0.39, 0.29) is 28.9 Å². The van der Waals surface area contributed by atoms with E-state index in [0.29, 0.717) is 41.9 Å². The topological polar surface area (TPSA) is 78.8 Å². The van der Waals surface area contributed by atoms with Gasteiger partial charge in [0.05, 0.1) is 19.3 Å². The van der Waals surface area contributed by atoms with Crippen molar-refractivity contribution in [3.63, 3.8) is 0 Å². The Morgan fingerprint density at radius 2 is 1.83 bits per heavy atom. The molecule has 4 fully saturated rings. The van der Waals surface area contributed by atoms with Gasteiger partial charge >= 0.3 is 0 Å². The van der Waals surface area contributed by atoms with Gasteiger partial charge in [-0.15, -0.1) is 0 Å². The number of ether oxygens (including phenoxy) is 1. The lowest BCUT2D eigenvalue weighted by Crippen LogP contribution is -2.58. The number of hydrogen-bond donors (Lipinski definition) is 3. The van der Waals surface area contributed by atoms with E-state index in [1.807, 2.05) is 24.3 Å². The van der Waals surface area contributed by atoms with Gasteiger partial charge in [-0.1, -0.05) is 26.8 Å². The maximum absolute atomic E-state index is 12.7. The smallest absolute Gasteiger partial charge is 0.224 e. The molecule has 0 radical (unpaired) electrons. The molecule has 0 aromatic heterocycles. The second-order valence-corrected chi connectivity index (χ2v) is 13.2. The molecule has 5 heteroatoms. The zero-order valence-corrected chi connectivity index (χ0v) is 22.7. The maximum Gasteiger partial charge on any atom is 0.224 e. The quantitative estimate of drug-likeness (QED) is 0.448. The number of aliphatic hydroxyl groups is 2. The van der Waals surface area contributed by atoms with Gasteiger partial charge in [-0.3, -0.25) is 4.79 Å². The minimum atomic E-state index is -0.231. The molecule has 10 atom stereocenters. The molecule has 0 bridgehead atoms. The second-order valence-electron chi connectivity index (χ2n) is 13.2. The Labute approximate surface area is 217 Å². The van der Waals surface area contributed by atoms with Crippen molar-refractivity contribution in [3.05, 3.63) is 24.3 Å². The molecular formula is C31H47NO4. The third-order valence-corrected chi connectivity index (χ3v) is 11.6. The predicted octanol–water partition coefficient (Wildman–Crippen LogP) is 6.04. The van der Waals surface area contributed by atoms with E-state index >= 15 is 0 Å². The molecule has 1 amide bonds. The number of fused-ring (bicyclic) bond motifs is 5. The molecule has 200 valence electrons. The lowest BCUT2D eigenvalue weighted by Gasteiger charge is -2.62. The average molecular weight is 498 g/mol. The number of anilines is 1. The van der Waals surface area contributed by atoms with E-state index < -0.39 is 0 Å². The largest absolute Gasteiger partial charge is 0.497 e. The van der Waals surface area contributed by atoms with Crippen molar-refractivity contribution in [1.82, 2.24) is 0 Å². The van der Waals surface area contributed by atoms with Crippen LogP contribution in [0.3, 0.4) is 0 Å². The van der Waals surface area contributed by atoms with E-state index in [4.69, 9.17) is 4.74 Å². The summed E-state index contributed by atoms with van der Waals surface area (Å²) >= 11 is 0. The van der Waals surface area contributed by atoms with Gasteiger partial charge in [0.2, 0.25) is 5.91 Å². The van der Waals surface area contributed by atoms with Gasteiger partial charge in [0, 0.05) is 18.2 Å². The first-order valence-corrected chi connectivity index (χ1v) is 14.5. The molecule has 4 aliphatic rings. The van der Waals surface area contributed by atoms with Gasteiger partial charge in [0.25, 0.3) is 0 Å². The average Bonchev–Trinajstić information content (AvgIpc) is 3.21. The molecule has 0 heterocycles. The van der Waals surface area contributed by atoms with Crippen LogP contribution in [0.2, 0.25) is 0 Å². The third kappa shape index (κ3) is 4.49. The number of carbonyl (C=O) groups excluding carboxylic acids is 1. The van der Waals surface area contributed by atoms with Crippen molar-refractivity contribution in [3.8, 4) is 5.75 Å². The number of hydrogen-bond acceptors (Lipinski definition) is 4. The number of aliphatic hydroxyl groups excluding tert-OH is 2. The zero-order valence-electron chi connectivity index (χ0n) is 22.7. The fourth-order valence-corrected chi connectivity index (χ4v) is 9.66. The van der Waals surface area contributed by atoms with Crippen molar-refractivity contribution < 1.29 is 19.7 Å². The predicted molar refractivity (Wildman–Crippen MR) is 143 cm³/mol. The summed E-state index contributed by atoms with van der Waals surface area (Å²) in [4.78, 5) is 12.7. The van der Waals surface area contributed by atoms with Crippen LogP contribution in [-0.2, 0) is 4.79 Å². The van der Waals surface area contributed by atoms with Crippen molar-refractivity contribution >= 4 is 11.6 Å². The van der Waals surface area contributed by atoms with Crippen LogP contribution in [0.25, 0.3) is 0 Å². The Balaban J connectivity index is 1.23. The summed E-state index contributed by atoms with van der Waals surface area (Å²) in [7, 11) is 1.63. The number of carbonyl (C=O) groups is 1. The van der Waals surface area contributed by atoms with E-state index in [2.05, 4.69) is 26.1 Å². The van der Waals surface area contributed by atoms with Crippen LogP contribution in [0.1, 0.15) is 85.0 Å². The summed E-state index contributed by atoms with van der Waals surface area (Å²) in [6, 6.07) is 7.53. The molecule has 36 heavy (non-hydrogen) atoms. The molecule has 0 spiro atoms. The SMILES string of the molecule is COc1cccc(NC(=O)CC[C@H](C)[C@@H]2CC[C@@H]3[C@H]4[C@H](O)C[C@H]5C[C@@H](O)CC[C@@]5(C)[C@@H]4CC[C@]32C)c1. The summed E-state index contributed by atoms with van der Waals surface area (Å²) < 4.78 is 5.27. The van der Waals surface area contributed by atoms with E-state index in [1.165, 1.54) is 25.7 Å². The number of rotatable bonds is 6. The molecule has 5 nitrogen and oxygen atoms in total. The first kappa shape index (κ1) is 26.0. The Bertz CT molecular complexity index is 950. The molecular weight excluding hydrogens is 450 g/mol. The van der Waals surface area contributed by atoms with Crippen molar-refractivity contribution in [1.29, 1.82) is 0 Å². The summed E-state index contributed by atoms with van der Waals surface area (Å²) in [5, 5.41) is 24.8. The summed E-state index contributed by atoms with van der Waals surface area (Å²) in [6.45, 7) is 7.33. The Morgan fingerprint density at radius 1 is 1.08 bits per heavy atom. The molecule has 1 aromatic rings. The molecule has 1 aromatic carbocycles. The van der Waals surface area contributed by atoms with Crippen LogP contribution in [0.4, 0.5) is 5.69 Å². The van der Waals surface area contributed by atoms with Crippen LogP contribution in [0.15, 0.2) is 24.3 Å². The van der Waals surface area contributed by atoms with Crippen molar-refractivity contribution in [2.24, 2.45) is 46.3 Å². The highest BCUT2D eigenvalue weighted by atomic mass is 16.5. The van der Waals surface area contributed by atoms with Crippen LogP contribution in [0, 0.1) is 46.3 Å². The molecule has 4 aliphatic carbocycles. The fraction of sp³-hybridized carbons (Fsp3) is 0.774. The lowest BCUT2D eigenvalue weighted by atomic mass is 9.43. The first-order valence-electron chi connectivity index (χ1n) is 14.5. The number of methoxy groups -OCH3 is 1. The fourth-order valence-electron chi connectivity index (χ4n) is 9.66. The monoisotopic (exact) mass is 497 g/mol. The van der Waals surface area contributed by atoms with Crippen LogP contribution >= 0.6 is 0 Å². The number of benzene rings is 1. The molecule has 5 rings (SSSR count). The minimum Gasteiger partial charge on any atom is -0.497 e. The number of amides is 1. The molecule has 0 aliphatic heterocycles. The van der Waals surface area contributed by atoms with Gasteiger partial charge in [-0.2, -0.15) is 0 Å². The lowest BCUT2D eigenvalue weighted by molar-refractivity contribution is -0.174. The van der Waals surface area contributed by atoms with Gasteiger partial charge in [0.1, 0.15) is 5.75 Å². The molecule has 0 unspecified atom stereocenters. The highest BCUT2D eigenvalue weighted by Crippen LogP contribution is 2.68. The molecule has 4 saturated carbocycles. The zero-order chi connectivity index (χ0) is 25.7. The van der Waals surface area contributed by atoms with Gasteiger partial charge < -0.3 is 20.3 Å². The maximum atomic E-state index is 12.7. The minimum absolute atomic E-state index is 0.0691. The summed E-state index contributed by atoms with van der Waals surface area (Å²) in [5.41, 5.74) is 1.31. The van der Waals surface area contributed by atoms with Gasteiger partial charge in [0.15, 0.2) is 0 Å². The van der Waals surface area contributed by atoms with Gasteiger partial charge in [-0.25, -0.2) is 0 Å². The van der Waals surface area contributed by atoms with E-state index in [0.717, 1.165) is 43.5 Å². The third-order valence-electron chi connectivity index (χ3n) is 11.6. The Hall–Kier alpha value is -1.59. The van der Waals surface area contributed by atoms with E-state index in [9.17, 15) is 15.0 Å². The molecule has 0 saturated heterocycles. The van der Waals surface area contributed by atoms with Crippen LogP contribution < -0.4 is 10.1 Å². The van der Waals surface area contributed by atoms with E-state index in [1.54, 1.807) is 7.11 Å². The van der Waals surface area contributed by atoms with Crippen molar-refractivity contribution in [2.75, 3.05) is 12.4 Å². The Kier molecular flexibility index (Phi) is 7.19. The second kappa shape index (κ2) is 9.94. The molecule has 3 N–H and O–H groups in total. The van der Waals surface area contributed by atoms with Crippen molar-refractivity contribution in [2.45, 2.75) is 97.2 Å². The summed E-state index contributed by atoms with van der Waals surface area (Å²) in [5.74, 6) is 3.93. The Morgan fingerprint density at radius 3 is 2.61 bits per heavy atom. The highest BCUT2D eigenvalue weighted by Gasteiger charge is 2.62. The van der Waals surface area contributed by atoms with Crippen LogP contribution in [-0.4, -0.2) is 35.4 Å². The van der Waals surface area contributed by atoms with Crippen LogP contribution in [0.5, 0.6) is 5.75 Å². The first-order chi connectivity index (χ1) is 17.2. The highest BCUT2D eigenvalue weighted by molar-refractivity contribution is 5.90.